The summed E-state index contributed by atoms with van der Waals surface area (Å²) in [5.74, 6) is 1.74. The van der Waals surface area contributed by atoms with Gasteiger partial charge < -0.3 is 4.74 Å². The summed E-state index contributed by atoms with van der Waals surface area (Å²) in [6.07, 6.45) is 5.86. The molecule has 1 atom stereocenters. The van der Waals surface area contributed by atoms with Gasteiger partial charge in [0, 0.05) is 0 Å². The third-order valence-corrected chi connectivity index (χ3v) is 1.05. The molecule has 1 aliphatic carbocycles. The van der Waals surface area contributed by atoms with Crippen molar-refractivity contribution >= 4 is 0 Å². The molecule has 0 spiro atoms. The standard InChI is InChI=1S/C5H4O/c1-2-6-5-3-4(1)5/h1-4H. The highest BCUT2D eigenvalue weighted by Gasteiger charge is 2.27. The van der Waals surface area contributed by atoms with Crippen LogP contribution in [0.4, 0.5) is 0 Å². The van der Waals surface area contributed by atoms with Crippen molar-refractivity contribution in [3.63, 3.8) is 0 Å². The number of hydrogen-bond donors (Lipinski definition) is 0. The monoisotopic (exact) mass is 80.0 g/mol. The fourth-order valence-corrected chi connectivity index (χ4v) is 0.600. The second kappa shape index (κ2) is 0.535. The average molecular weight is 80.1 g/mol. The van der Waals surface area contributed by atoms with Gasteiger partial charge in [0.05, 0.1) is 12.2 Å². The number of fused-ring (bicyclic) bond motifs is 1. The summed E-state index contributed by atoms with van der Waals surface area (Å²) in [4.78, 5) is 0. The van der Waals surface area contributed by atoms with Crippen molar-refractivity contribution in [1.82, 2.24) is 0 Å². The van der Waals surface area contributed by atoms with Gasteiger partial charge in [-0.2, -0.15) is 0 Å². The molecule has 0 saturated heterocycles. The molecule has 1 heteroatoms. The zero-order chi connectivity index (χ0) is 3.98. The highest BCUT2D eigenvalue weighted by Crippen LogP contribution is 2.35. The second-order valence-corrected chi connectivity index (χ2v) is 1.54. The van der Waals surface area contributed by atoms with E-state index in [1.807, 2.05) is 6.08 Å². The Hall–Kier alpha value is -0.720. The first kappa shape index (κ1) is 2.45. The number of hydrogen-bond acceptors (Lipinski definition) is 1. The van der Waals surface area contributed by atoms with Crippen molar-refractivity contribution in [3.8, 4) is 0 Å². The first-order valence-electron chi connectivity index (χ1n) is 2.02. The van der Waals surface area contributed by atoms with Crippen LogP contribution in [0.15, 0.2) is 24.2 Å². The van der Waals surface area contributed by atoms with Crippen molar-refractivity contribution in [2.45, 2.75) is 0 Å². The summed E-state index contributed by atoms with van der Waals surface area (Å²) >= 11 is 0. The lowest BCUT2D eigenvalue weighted by atomic mass is 10.4. The van der Waals surface area contributed by atoms with Gasteiger partial charge >= 0.3 is 0 Å². The molecule has 2 rings (SSSR count). The Morgan fingerprint density at radius 2 is 2.67 bits per heavy atom. The Morgan fingerprint density at radius 1 is 1.67 bits per heavy atom. The second-order valence-electron chi connectivity index (χ2n) is 1.54. The van der Waals surface area contributed by atoms with Gasteiger partial charge in [-0.15, -0.1) is 0 Å². The van der Waals surface area contributed by atoms with Crippen molar-refractivity contribution < 1.29 is 4.74 Å². The first-order valence-corrected chi connectivity index (χ1v) is 2.02. The zero-order valence-electron chi connectivity index (χ0n) is 3.22. The van der Waals surface area contributed by atoms with Crippen molar-refractivity contribution in [1.29, 1.82) is 0 Å². The number of rotatable bonds is 0. The topological polar surface area (TPSA) is 9.23 Å². The minimum atomic E-state index is 0.602. The van der Waals surface area contributed by atoms with Crippen LogP contribution < -0.4 is 0 Å². The Morgan fingerprint density at radius 3 is 2.83 bits per heavy atom. The van der Waals surface area contributed by atoms with Gasteiger partial charge in [-0.1, -0.05) is 0 Å². The van der Waals surface area contributed by atoms with Crippen LogP contribution in [0.2, 0.25) is 0 Å². The smallest absolute Gasteiger partial charge is 0.111 e. The van der Waals surface area contributed by atoms with Crippen LogP contribution in [-0.2, 0) is 4.74 Å². The average Bonchev–Trinajstić information content (AvgIpc) is 2.17. The van der Waals surface area contributed by atoms with E-state index in [9.17, 15) is 0 Å². The molecule has 0 amide bonds. The lowest BCUT2D eigenvalue weighted by Crippen LogP contribution is -1.60. The van der Waals surface area contributed by atoms with Gasteiger partial charge in [0.1, 0.15) is 5.76 Å². The van der Waals surface area contributed by atoms with E-state index in [1.165, 1.54) is 0 Å². The summed E-state index contributed by atoms with van der Waals surface area (Å²) in [5.41, 5.74) is 0. The molecule has 1 aliphatic heterocycles. The van der Waals surface area contributed by atoms with E-state index in [4.69, 9.17) is 4.74 Å². The molecule has 2 aliphatic rings. The Kier molecular flexibility index (Phi) is 0.219. The lowest BCUT2D eigenvalue weighted by molar-refractivity contribution is 0.383. The molecule has 0 aromatic carbocycles. The number of ether oxygens (including phenoxy) is 1. The molecule has 1 nitrogen and oxygen atoms in total. The fraction of sp³-hybridized carbons (Fsp3) is 0.200. The fourth-order valence-electron chi connectivity index (χ4n) is 0.600. The predicted molar refractivity (Wildman–Crippen MR) is 21.8 cm³/mol. The third-order valence-electron chi connectivity index (χ3n) is 1.05. The molecule has 0 saturated carbocycles. The Balaban J connectivity index is 2.36. The van der Waals surface area contributed by atoms with Gasteiger partial charge in [-0.05, 0) is 12.2 Å². The Bertz CT molecular complexity index is 133. The first-order chi connectivity index (χ1) is 2.97. The van der Waals surface area contributed by atoms with Crippen molar-refractivity contribution in [2.75, 3.05) is 0 Å². The van der Waals surface area contributed by atoms with Gasteiger partial charge in [0.25, 0.3) is 0 Å². The van der Waals surface area contributed by atoms with Crippen molar-refractivity contribution in [3.05, 3.63) is 24.2 Å². The molecular formula is C5H4O. The SMILES string of the molecule is C1=CC2C=C2O1. The third kappa shape index (κ3) is 0.134. The van der Waals surface area contributed by atoms with Crippen LogP contribution in [0.25, 0.3) is 0 Å². The summed E-state index contributed by atoms with van der Waals surface area (Å²) < 4.78 is 4.91. The lowest BCUT2D eigenvalue weighted by Gasteiger charge is -1.77. The van der Waals surface area contributed by atoms with E-state index in [-0.39, 0.29) is 0 Å². The summed E-state index contributed by atoms with van der Waals surface area (Å²) in [6, 6.07) is 0. The molecule has 6 heavy (non-hydrogen) atoms. The molecule has 0 aromatic heterocycles. The van der Waals surface area contributed by atoms with Gasteiger partial charge in [0.15, 0.2) is 0 Å². The van der Waals surface area contributed by atoms with Crippen LogP contribution >= 0.6 is 0 Å². The highest BCUT2D eigenvalue weighted by atomic mass is 16.5. The Labute approximate surface area is 35.9 Å². The summed E-state index contributed by atoms with van der Waals surface area (Å²) in [5, 5.41) is 0. The van der Waals surface area contributed by atoms with Gasteiger partial charge in [-0.25, -0.2) is 0 Å². The van der Waals surface area contributed by atoms with E-state index in [0.29, 0.717) is 5.92 Å². The zero-order valence-corrected chi connectivity index (χ0v) is 3.22. The minimum Gasteiger partial charge on any atom is -0.469 e. The molecule has 1 unspecified atom stereocenters. The quantitative estimate of drug-likeness (QED) is 0.422. The maximum Gasteiger partial charge on any atom is 0.111 e. The predicted octanol–water partition coefficient (Wildman–Crippen LogP) is 1.04. The maximum atomic E-state index is 4.91. The van der Waals surface area contributed by atoms with E-state index < -0.39 is 0 Å². The van der Waals surface area contributed by atoms with Crippen LogP contribution in [0.1, 0.15) is 0 Å². The molecule has 0 fully saturated rings. The van der Waals surface area contributed by atoms with Crippen LogP contribution in [0.3, 0.4) is 0 Å². The summed E-state index contributed by atoms with van der Waals surface area (Å²) in [6.45, 7) is 0. The van der Waals surface area contributed by atoms with Gasteiger partial charge in [-0.3, -0.25) is 0 Å². The molecule has 0 aromatic rings. The van der Waals surface area contributed by atoms with Crippen molar-refractivity contribution in [2.24, 2.45) is 5.92 Å². The van der Waals surface area contributed by atoms with E-state index in [0.717, 1.165) is 5.76 Å². The van der Waals surface area contributed by atoms with Crippen LogP contribution in [0.5, 0.6) is 0 Å². The molecule has 30 valence electrons. The molecule has 0 radical (unpaired) electrons. The summed E-state index contributed by atoms with van der Waals surface area (Å²) in [7, 11) is 0. The molecule has 1 heterocycles. The van der Waals surface area contributed by atoms with Crippen LogP contribution in [-0.4, -0.2) is 0 Å². The molecular weight excluding hydrogens is 76.1 g/mol. The molecule has 0 bridgehead atoms. The van der Waals surface area contributed by atoms with Gasteiger partial charge in [0.2, 0.25) is 0 Å². The van der Waals surface area contributed by atoms with E-state index in [2.05, 4.69) is 6.08 Å². The van der Waals surface area contributed by atoms with E-state index >= 15 is 0 Å². The van der Waals surface area contributed by atoms with E-state index in [1.54, 1.807) is 6.26 Å². The maximum absolute atomic E-state index is 4.91. The highest BCUT2D eigenvalue weighted by molar-refractivity contribution is 5.33. The normalized spacial score (nSPS) is 34.7. The minimum absolute atomic E-state index is 0.602. The van der Waals surface area contributed by atoms with Crippen LogP contribution in [0, 0.1) is 5.92 Å². The largest absolute Gasteiger partial charge is 0.469 e. The number of allylic oxidation sites excluding steroid dienone is 2. The molecule has 0 N–H and O–H groups in total.